The summed E-state index contributed by atoms with van der Waals surface area (Å²) in [6, 6.07) is 0. The Labute approximate surface area is 140 Å². The Morgan fingerprint density at radius 2 is 2.12 bits per heavy atom. The monoisotopic (exact) mass is 373 g/mol. The fourth-order valence-electron chi connectivity index (χ4n) is 2.96. The number of aromatic nitrogens is 4. The summed E-state index contributed by atoms with van der Waals surface area (Å²) in [4.78, 5) is 34.3. The number of hydrogen-bond donors (Lipinski definition) is 3. The maximum atomic E-state index is 12.2. The Balaban J connectivity index is 1.82. The molecule has 2 saturated heterocycles. The van der Waals surface area contributed by atoms with E-state index < -0.39 is 44.5 Å². The molecule has 13 heteroatoms. The molecule has 25 heavy (non-hydrogen) atoms. The number of anilines is 1. The fourth-order valence-corrected chi connectivity index (χ4v) is 4.11. The van der Waals surface area contributed by atoms with Crippen LogP contribution >= 0.6 is 7.82 Å². The van der Waals surface area contributed by atoms with Crippen LogP contribution in [0, 0.1) is 0 Å². The predicted molar refractivity (Wildman–Crippen MR) is 83.0 cm³/mol. The van der Waals surface area contributed by atoms with Gasteiger partial charge in [0.25, 0.3) is 5.56 Å². The van der Waals surface area contributed by atoms with E-state index in [1.54, 1.807) is 19.0 Å². The summed E-state index contributed by atoms with van der Waals surface area (Å²) in [5, 5.41) is 9.44. The first-order chi connectivity index (χ1) is 11.8. The molecular formula is C12H16N5O7P. The highest BCUT2D eigenvalue weighted by Crippen LogP contribution is 2.58. The molecule has 0 saturated carbocycles. The Kier molecular flexibility index (Phi) is 3.72. The number of aliphatic hydroxyl groups is 1. The highest BCUT2D eigenvalue weighted by molar-refractivity contribution is 7.47. The number of aromatic amines is 1. The van der Waals surface area contributed by atoms with E-state index in [-0.39, 0.29) is 11.2 Å². The molecule has 0 amide bonds. The van der Waals surface area contributed by atoms with E-state index in [1.807, 2.05) is 0 Å². The van der Waals surface area contributed by atoms with Crippen molar-refractivity contribution in [3.63, 3.8) is 0 Å². The third kappa shape index (κ3) is 2.58. The minimum absolute atomic E-state index is 0.0873. The molecule has 3 N–H and O–H groups in total. The van der Waals surface area contributed by atoms with E-state index in [4.69, 9.17) is 13.8 Å². The molecule has 5 atom stereocenters. The van der Waals surface area contributed by atoms with Crippen LogP contribution in [0.15, 0.2) is 11.1 Å². The van der Waals surface area contributed by atoms with Crippen molar-refractivity contribution >= 4 is 24.9 Å². The first kappa shape index (κ1) is 16.6. The number of fused-ring (bicyclic) bond motifs is 2. The number of phosphoric acid groups is 1. The number of nitrogens with one attached hydrogen (secondary N) is 1. The first-order valence-electron chi connectivity index (χ1n) is 7.41. The molecule has 4 rings (SSSR count). The Morgan fingerprint density at radius 3 is 2.80 bits per heavy atom. The minimum atomic E-state index is -4.23. The molecule has 0 radical (unpaired) electrons. The summed E-state index contributed by atoms with van der Waals surface area (Å²) in [5.74, 6) is 0.309. The summed E-state index contributed by atoms with van der Waals surface area (Å²) < 4.78 is 28.9. The van der Waals surface area contributed by atoms with Gasteiger partial charge in [-0.05, 0) is 0 Å². The van der Waals surface area contributed by atoms with Gasteiger partial charge in [0.15, 0.2) is 17.4 Å². The van der Waals surface area contributed by atoms with Crippen LogP contribution in [0.5, 0.6) is 0 Å². The van der Waals surface area contributed by atoms with Gasteiger partial charge >= 0.3 is 7.82 Å². The zero-order valence-corrected chi connectivity index (χ0v) is 14.2. The van der Waals surface area contributed by atoms with E-state index in [0.717, 1.165) is 0 Å². The van der Waals surface area contributed by atoms with Crippen LogP contribution in [0.1, 0.15) is 6.23 Å². The zero-order chi connectivity index (χ0) is 17.9. The topological polar surface area (TPSA) is 152 Å². The zero-order valence-electron chi connectivity index (χ0n) is 13.3. The molecule has 12 nitrogen and oxygen atoms in total. The summed E-state index contributed by atoms with van der Waals surface area (Å²) >= 11 is 0. The van der Waals surface area contributed by atoms with E-state index in [1.165, 1.54) is 10.9 Å². The maximum absolute atomic E-state index is 12.2. The van der Waals surface area contributed by atoms with Gasteiger partial charge in [-0.2, -0.15) is 4.98 Å². The average Bonchev–Trinajstić information content (AvgIpc) is 3.17. The molecule has 0 spiro atoms. The second kappa shape index (κ2) is 5.59. The largest absolute Gasteiger partial charge is 0.473 e. The number of H-pyrrole nitrogens is 1. The number of aliphatic hydroxyl groups excluding tert-OH is 1. The van der Waals surface area contributed by atoms with Crippen LogP contribution in [0.4, 0.5) is 5.95 Å². The molecule has 1 unspecified atom stereocenters. The Bertz CT molecular complexity index is 926. The smallest absolute Gasteiger partial charge is 0.394 e. The number of hydrogen-bond acceptors (Lipinski definition) is 9. The molecule has 4 heterocycles. The minimum Gasteiger partial charge on any atom is -0.394 e. The van der Waals surface area contributed by atoms with E-state index >= 15 is 0 Å². The third-order valence-electron chi connectivity index (χ3n) is 4.09. The van der Waals surface area contributed by atoms with Crippen molar-refractivity contribution < 1.29 is 28.3 Å². The SMILES string of the molecule is CN(C)c1nc2c(ncn2[C@@H]2O[C@H](CO)[C@H]3OP(=O)(O)O[C@H]32)c(=O)[nH]1. The highest BCUT2D eigenvalue weighted by atomic mass is 31.2. The lowest BCUT2D eigenvalue weighted by Gasteiger charge is -2.19. The van der Waals surface area contributed by atoms with Gasteiger partial charge in [-0.3, -0.25) is 23.4 Å². The van der Waals surface area contributed by atoms with Crippen molar-refractivity contribution in [1.29, 1.82) is 0 Å². The molecular weight excluding hydrogens is 357 g/mol. The summed E-state index contributed by atoms with van der Waals surface area (Å²) in [7, 11) is -0.801. The second-order valence-electron chi connectivity index (χ2n) is 5.96. The van der Waals surface area contributed by atoms with Crippen LogP contribution < -0.4 is 10.5 Å². The van der Waals surface area contributed by atoms with Crippen molar-refractivity contribution in [2.75, 3.05) is 25.6 Å². The van der Waals surface area contributed by atoms with Crippen molar-refractivity contribution in [3.05, 3.63) is 16.7 Å². The molecule has 0 aromatic carbocycles. The number of phosphoric ester groups is 1. The molecule has 2 aliphatic rings. The van der Waals surface area contributed by atoms with Crippen LogP contribution in [-0.2, 0) is 18.3 Å². The Morgan fingerprint density at radius 1 is 1.40 bits per heavy atom. The average molecular weight is 373 g/mol. The highest BCUT2D eigenvalue weighted by Gasteiger charge is 2.57. The van der Waals surface area contributed by atoms with Gasteiger partial charge in [0.2, 0.25) is 5.95 Å². The maximum Gasteiger partial charge on any atom is 0.473 e. The van der Waals surface area contributed by atoms with Gasteiger partial charge in [-0.25, -0.2) is 9.55 Å². The van der Waals surface area contributed by atoms with E-state index in [2.05, 4.69) is 15.0 Å². The standard InChI is InChI=1S/C12H16N5O7P/c1-16(2)12-14-9-6(10(19)15-12)13-4-17(9)11-8-7(5(3-18)22-11)23-25(20,21)24-8/h4-5,7-8,11,18H,3H2,1-2H3,(H,20,21)(H,14,15,19)/t5-,7-,8-,11-/m1/s1. The van der Waals surface area contributed by atoms with Gasteiger partial charge in [-0.15, -0.1) is 0 Å². The van der Waals surface area contributed by atoms with Gasteiger partial charge in [-0.1, -0.05) is 0 Å². The molecule has 2 aliphatic heterocycles. The third-order valence-corrected chi connectivity index (χ3v) is 5.11. The van der Waals surface area contributed by atoms with Crippen LogP contribution in [0.2, 0.25) is 0 Å². The molecule has 2 aromatic heterocycles. The predicted octanol–water partition coefficient (Wildman–Crippen LogP) is -1.04. The van der Waals surface area contributed by atoms with Crippen LogP contribution in [0.3, 0.4) is 0 Å². The van der Waals surface area contributed by atoms with Gasteiger partial charge in [0, 0.05) is 14.1 Å². The van der Waals surface area contributed by atoms with Crippen molar-refractivity contribution in [2.24, 2.45) is 0 Å². The number of imidazole rings is 1. The van der Waals surface area contributed by atoms with Gasteiger partial charge in [0.1, 0.15) is 18.3 Å². The van der Waals surface area contributed by atoms with Crippen LogP contribution in [0.25, 0.3) is 11.2 Å². The van der Waals surface area contributed by atoms with Crippen molar-refractivity contribution in [1.82, 2.24) is 19.5 Å². The normalized spacial score (nSPS) is 34.6. The van der Waals surface area contributed by atoms with Crippen molar-refractivity contribution in [3.8, 4) is 0 Å². The number of ether oxygens (including phenoxy) is 1. The quantitative estimate of drug-likeness (QED) is 0.569. The van der Waals surface area contributed by atoms with Gasteiger partial charge < -0.3 is 19.6 Å². The number of nitrogens with zero attached hydrogens (tertiary/aromatic N) is 4. The first-order valence-corrected chi connectivity index (χ1v) is 8.90. The van der Waals surface area contributed by atoms with Crippen molar-refractivity contribution in [2.45, 2.75) is 24.5 Å². The molecule has 0 aliphatic carbocycles. The fraction of sp³-hybridized carbons (Fsp3) is 0.583. The summed E-state index contributed by atoms with van der Waals surface area (Å²) in [5.41, 5.74) is -0.125. The number of rotatable bonds is 3. The Hall–Kier alpha value is -1.82. The lowest BCUT2D eigenvalue weighted by molar-refractivity contribution is -0.0589. The molecule has 2 fully saturated rings. The van der Waals surface area contributed by atoms with E-state index in [9.17, 15) is 19.4 Å². The van der Waals surface area contributed by atoms with Crippen LogP contribution in [-0.4, -0.2) is 68.5 Å². The van der Waals surface area contributed by atoms with Gasteiger partial charge in [0.05, 0.1) is 12.9 Å². The summed E-state index contributed by atoms with van der Waals surface area (Å²) in [6.45, 7) is -0.426. The molecule has 136 valence electrons. The lowest BCUT2D eigenvalue weighted by atomic mass is 10.1. The molecule has 0 bridgehead atoms. The summed E-state index contributed by atoms with van der Waals surface area (Å²) in [6.07, 6.45) is -2.32. The molecule has 2 aromatic rings. The second-order valence-corrected chi connectivity index (χ2v) is 7.32. The lowest BCUT2D eigenvalue weighted by Crippen LogP contribution is -2.30. The van der Waals surface area contributed by atoms with E-state index in [0.29, 0.717) is 5.95 Å².